The molecule has 19 heavy (non-hydrogen) atoms. The van der Waals surface area contributed by atoms with E-state index in [4.69, 9.17) is 15.8 Å². The number of rotatable bonds is 3. The maximum Gasteiger partial charge on any atom is 0.407 e. The van der Waals surface area contributed by atoms with Crippen molar-refractivity contribution in [3.05, 3.63) is 20.9 Å². The molecule has 1 amide bonds. The number of ether oxygens (including phenoxy) is 1. The summed E-state index contributed by atoms with van der Waals surface area (Å²) in [5, 5.41) is 9.84. The maximum absolute atomic E-state index is 11.6. The van der Waals surface area contributed by atoms with Crippen molar-refractivity contribution < 1.29 is 9.53 Å². The summed E-state index contributed by atoms with van der Waals surface area (Å²) in [6.07, 6.45) is 0.346. The molecule has 0 radical (unpaired) electrons. The third-order valence-electron chi connectivity index (χ3n) is 2.62. The van der Waals surface area contributed by atoms with Gasteiger partial charge in [-0.2, -0.15) is 0 Å². The molecule has 0 aromatic rings. The minimum atomic E-state index is -0.572. The van der Waals surface area contributed by atoms with Gasteiger partial charge in [-0.05, 0) is 44.7 Å². The van der Waals surface area contributed by atoms with E-state index in [2.05, 4.69) is 25.4 Å². The summed E-state index contributed by atoms with van der Waals surface area (Å²) < 4.78 is 5.13. The van der Waals surface area contributed by atoms with Gasteiger partial charge in [0, 0.05) is 27.9 Å². The van der Waals surface area contributed by atoms with Crippen LogP contribution in [0.5, 0.6) is 0 Å². The molecular formula is C10H17N7O2. The van der Waals surface area contributed by atoms with E-state index in [1.807, 2.05) is 0 Å². The zero-order valence-electron chi connectivity index (χ0n) is 11.1. The number of carbonyl (C=O) groups is 1. The van der Waals surface area contributed by atoms with E-state index in [1.165, 1.54) is 0 Å². The molecular weight excluding hydrogens is 250 g/mol. The first-order valence-corrected chi connectivity index (χ1v) is 5.93. The van der Waals surface area contributed by atoms with Gasteiger partial charge in [0.1, 0.15) is 5.60 Å². The molecule has 0 saturated heterocycles. The van der Waals surface area contributed by atoms with Crippen LogP contribution in [0.1, 0.15) is 33.6 Å². The number of alkyl carbamates (subject to hydrolysis) is 1. The molecule has 0 spiro atoms. The van der Waals surface area contributed by atoms with Crippen molar-refractivity contribution in [3.63, 3.8) is 0 Å². The third-order valence-corrected chi connectivity index (χ3v) is 2.62. The molecule has 1 aliphatic carbocycles. The second-order valence-electron chi connectivity index (χ2n) is 5.36. The zero-order valence-corrected chi connectivity index (χ0v) is 11.1. The van der Waals surface area contributed by atoms with E-state index >= 15 is 0 Å². The normalized spacial score (nSPS) is 25.9. The highest BCUT2D eigenvalue weighted by Crippen LogP contribution is 2.26. The van der Waals surface area contributed by atoms with Gasteiger partial charge in [0.15, 0.2) is 0 Å². The highest BCUT2D eigenvalue weighted by molar-refractivity contribution is 5.68. The minimum absolute atomic E-state index is 0.221. The van der Waals surface area contributed by atoms with Crippen molar-refractivity contribution in [2.24, 2.45) is 10.2 Å². The summed E-state index contributed by atoms with van der Waals surface area (Å²) in [5.41, 5.74) is 16.3. The SMILES string of the molecule is CC(C)(C)OC(=O)NC1C[C@H](N=[N+]=[N-])[C@H](N=[N+]=[N-])C1. The van der Waals surface area contributed by atoms with Crippen LogP contribution >= 0.6 is 0 Å². The summed E-state index contributed by atoms with van der Waals surface area (Å²) in [4.78, 5) is 17.0. The van der Waals surface area contributed by atoms with Gasteiger partial charge < -0.3 is 10.1 Å². The molecule has 3 atom stereocenters. The standard InChI is InChI=1S/C10H17N7O2/c1-10(2,3)19-9(18)13-6-4-7(14-16-11)8(5-6)15-17-12/h6-8H,4-5H2,1-3H3,(H,13,18)/t6?,7-,8+. The van der Waals surface area contributed by atoms with Gasteiger partial charge in [0.25, 0.3) is 0 Å². The summed E-state index contributed by atoms with van der Waals surface area (Å²) in [6, 6.07) is -1.08. The number of hydrogen-bond acceptors (Lipinski definition) is 4. The van der Waals surface area contributed by atoms with E-state index in [1.54, 1.807) is 20.8 Å². The lowest BCUT2D eigenvalue weighted by Gasteiger charge is -2.21. The van der Waals surface area contributed by atoms with Gasteiger partial charge in [-0.15, -0.1) is 0 Å². The molecule has 0 aliphatic heterocycles. The van der Waals surface area contributed by atoms with E-state index in [-0.39, 0.29) is 6.04 Å². The average molecular weight is 267 g/mol. The predicted octanol–water partition coefficient (Wildman–Crippen LogP) is 3.03. The topological polar surface area (TPSA) is 136 Å². The summed E-state index contributed by atoms with van der Waals surface area (Å²) in [5.74, 6) is 0. The van der Waals surface area contributed by atoms with E-state index in [0.29, 0.717) is 12.8 Å². The van der Waals surface area contributed by atoms with Crippen molar-refractivity contribution in [3.8, 4) is 0 Å². The zero-order chi connectivity index (χ0) is 14.5. The van der Waals surface area contributed by atoms with Crippen LogP contribution < -0.4 is 5.32 Å². The Kier molecular flexibility index (Phi) is 4.86. The van der Waals surface area contributed by atoms with Crippen LogP contribution in [-0.2, 0) is 4.74 Å². The van der Waals surface area contributed by atoms with Crippen LogP contribution in [0.25, 0.3) is 20.9 Å². The molecule has 0 heterocycles. The molecule has 1 aliphatic rings. The maximum atomic E-state index is 11.6. The number of azide groups is 2. The van der Waals surface area contributed by atoms with Gasteiger partial charge in [-0.25, -0.2) is 4.79 Å². The van der Waals surface area contributed by atoms with Crippen molar-refractivity contribution in [2.45, 2.75) is 57.3 Å². The van der Waals surface area contributed by atoms with E-state index < -0.39 is 23.8 Å². The summed E-state index contributed by atoms with van der Waals surface area (Å²) in [6.45, 7) is 5.31. The van der Waals surface area contributed by atoms with Crippen LogP contribution in [0.4, 0.5) is 4.79 Å². The van der Waals surface area contributed by atoms with E-state index in [9.17, 15) is 4.79 Å². The Hall–Kier alpha value is -2.11. The molecule has 9 heteroatoms. The monoisotopic (exact) mass is 267 g/mol. The Balaban J connectivity index is 2.60. The highest BCUT2D eigenvalue weighted by atomic mass is 16.6. The lowest BCUT2D eigenvalue weighted by Crippen LogP contribution is -2.38. The minimum Gasteiger partial charge on any atom is -0.444 e. The molecule has 0 aromatic carbocycles. The summed E-state index contributed by atoms with van der Waals surface area (Å²) in [7, 11) is 0. The molecule has 1 rings (SSSR count). The van der Waals surface area contributed by atoms with Crippen LogP contribution in [0.15, 0.2) is 10.2 Å². The van der Waals surface area contributed by atoms with Crippen molar-refractivity contribution in [2.75, 3.05) is 0 Å². The van der Waals surface area contributed by atoms with Crippen molar-refractivity contribution in [1.82, 2.24) is 5.32 Å². The summed E-state index contributed by atoms with van der Waals surface area (Å²) >= 11 is 0. The lowest BCUT2D eigenvalue weighted by molar-refractivity contribution is 0.0505. The molecule has 9 nitrogen and oxygen atoms in total. The third kappa shape index (κ3) is 4.95. The average Bonchev–Trinajstić information content (AvgIpc) is 2.58. The van der Waals surface area contributed by atoms with Crippen molar-refractivity contribution in [1.29, 1.82) is 0 Å². The Morgan fingerprint density at radius 3 is 2.05 bits per heavy atom. The Bertz CT molecular complexity index is 406. The van der Waals surface area contributed by atoms with Gasteiger partial charge in [0.2, 0.25) is 0 Å². The fourth-order valence-electron chi connectivity index (χ4n) is 1.97. The molecule has 104 valence electrons. The largest absolute Gasteiger partial charge is 0.444 e. The highest BCUT2D eigenvalue weighted by Gasteiger charge is 2.34. The van der Waals surface area contributed by atoms with Crippen LogP contribution in [0, 0.1) is 0 Å². The number of nitrogens with zero attached hydrogens (tertiary/aromatic N) is 6. The van der Waals surface area contributed by atoms with Gasteiger partial charge in [0.05, 0.1) is 0 Å². The molecule has 1 fully saturated rings. The molecule has 1 N–H and O–H groups in total. The lowest BCUT2D eigenvalue weighted by atomic mass is 10.2. The smallest absolute Gasteiger partial charge is 0.407 e. The Morgan fingerprint density at radius 2 is 1.68 bits per heavy atom. The van der Waals surface area contributed by atoms with Crippen molar-refractivity contribution >= 4 is 6.09 Å². The second-order valence-corrected chi connectivity index (χ2v) is 5.36. The molecule has 1 unspecified atom stereocenters. The first-order chi connectivity index (χ1) is 8.85. The molecule has 0 bridgehead atoms. The Labute approximate surface area is 110 Å². The first kappa shape index (κ1) is 14.9. The van der Waals surface area contributed by atoms with Crippen LogP contribution in [0.3, 0.4) is 0 Å². The molecule has 0 aromatic heterocycles. The first-order valence-electron chi connectivity index (χ1n) is 5.93. The van der Waals surface area contributed by atoms with E-state index in [0.717, 1.165) is 0 Å². The number of amides is 1. The Morgan fingerprint density at radius 1 is 1.21 bits per heavy atom. The fraction of sp³-hybridized carbons (Fsp3) is 0.900. The second kappa shape index (κ2) is 6.17. The number of hydrogen-bond donors (Lipinski definition) is 1. The fourth-order valence-corrected chi connectivity index (χ4v) is 1.97. The van der Waals surface area contributed by atoms with Crippen LogP contribution in [-0.4, -0.2) is 29.8 Å². The van der Waals surface area contributed by atoms with Gasteiger partial charge in [-0.3, -0.25) is 0 Å². The molecule has 1 saturated carbocycles. The number of nitrogens with one attached hydrogen (secondary N) is 1. The van der Waals surface area contributed by atoms with Crippen LogP contribution in [0.2, 0.25) is 0 Å². The quantitative estimate of drug-likeness (QED) is 0.477. The predicted molar refractivity (Wildman–Crippen MR) is 68.3 cm³/mol. The number of carbonyl (C=O) groups excluding carboxylic acids is 1. The van der Waals surface area contributed by atoms with Gasteiger partial charge in [-0.1, -0.05) is 10.2 Å². The van der Waals surface area contributed by atoms with Gasteiger partial charge >= 0.3 is 6.09 Å².